The van der Waals surface area contributed by atoms with Crippen molar-refractivity contribution in [3.63, 3.8) is 0 Å². The third-order valence-electron chi connectivity index (χ3n) is 15.5. The number of piperidine rings is 2. The number of carbonyl (C=O) groups excluding carboxylic acids is 5. The Hall–Kier alpha value is -3.41. The van der Waals surface area contributed by atoms with Gasteiger partial charge in [-0.3, -0.25) is 24.5 Å². The van der Waals surface area contributed by atoms with Gasteiger partial charge in [0, 0.05) is 65.2 Å². The van der Waals surface area contributed by atoms with Gasteiger partial charge in [-0.25, -0.2) is 4.79 Å². The van der Waals surface area contributed by atoms with Gasteiger partial charge in [0.1, 0.15) is 30.1 Å². The summed E-state index contributed by atoms with van der Waals surface area (Å²) in [4.78, 5) is 73.3. The van der Waals surface area contributed by atoms with E-state index in [2.05, 4.69) is 5.32 Å². The van der Waals surface area contributed by atoms with E-state index in [0.717, 1.165) is 12.0 Å². The Labute approximate surface area is 418 Å². The fourth-order valence-electron chi connectivity index (χ4n) is 10.8. The maximum atomic E-state index is 14.5. The molecule has 0 spiro atoms. The molecule has 70 heavy (non-hydrogen) atoms. The van der Waals surface area contributed by atoms with Crippen molar-refractivity contribution in [2.45, 2.75) is 200 Å². The summed E-state index contributed by atoms with van der Waals surface area (Å²) in [6, 6.07) is -1.48. The van der Waals surface area contributed by atoms with Crippen molar-refractivity contribution in [2.24, 2.45) is 35.5 Å². The highest BCUT2D eigenvalue weighted by atomic mass is 16.7. The van der Waals surface area contributed by atoms with Crippen LogP contribution in [0.2, 0.25) is 0 Å². The van der Waals surface area contributed by atoms with Crippen LogP contribution in [0.5, 0.6) is 0 Å². The second kappa shape index (κ2) is 27.0. The molecule has 4 aliphatic rings. The van der Waals surface area contributed by atoms with E-state index in [1.165, 1.54) is 19.1 Å². The molecule has 0 unspecified atom stereocenters. The minimum atomic E-state index is -2.18. The molecule has 3 aliphatic heterocycles. The molecule has 2 bridgehead atoms. The molecule has 15 nitrogen and oxygen atoms in total. The zero-order valence-electron chi connectivity index (χ0n) is 44.6. The molecule has 3 fully saturated rings. The van der Waals surface area contributed by atoms with Crippen molar-refractivity contribution in [1.82, 2.24) is 10.2 Å². The molecular weight excluding hydrogens is 897 g/mol. The van der Waals surface area contributed by atoms with Gasteiger partial charge in [-0.2, -0.15) is 0 Å². The molecule has 1 amide bonds. The highest BCUT2D eigenvalue weighted by Crippen LogP contribution is 2.36. The van der Waals surface area contributed by atoms with Gasteiger partial charge >= 0.3 is 5.97 Å². The number of amides is 1. The molecule has 4 rings (SSSR count). The van der Waals surface area contributed by atoms with Crippen LogP contribution in [0.15, 0.2) is 47.6 Å². The number of nitrogens with zero attached hydrogens (tertiary/aromatic N) is 1. The first-order valence-electron chi connectivity index (χ1n) is 25.8. The van der Waals surface area contributed by atoms with Gasteiger partial charge in [-0.1, -0.05) is 71.1 Å². The van der Waals surface area contributed by atoms with Crippen LogP contribution in [0.4, 0.5) is 0 Å². The number of esters is 1. The Kier molecular flexibility index (Phi) is 22.9. The van der Waals surface area contributed by atoms with Gasteiger partial charge in [0.2, 0.25) is 0 Å². The number of carbonyl (C=O) groups is 5. The zero-order valence-corrected chi connectivity index (χ0v) is 44.6. The molecule has 15 atom stereocenters. The second-order valence-corrected chi connectivity index (χ2v) is 21.5. The molecule has 3 heterocycles. The lowest BCUT2D eigenvalue weighted by atomic mass is 9.78. The topological polar surface area (TPSA) is 196 Å². The predicted molar refractivity (Wildman–Crippen MR) is 267 cm³/mol. The van der Waals surface area contributed by atoms with Crippen molar-refractivity contribution in [2.75, 3.05) is 35.0 Å². The molecule has 1 saturated carbocycles. The standard InChI is InChI=1S/C55H88N2O13/c1-33-19-15-14-16-20-34(2)45(65-10)31-41-24-22-39(7)55(64,56-41)51(61)52(62)57-26-18-17-21-42(57)53(63)69-46(36(4)29-40-23-25-43(58)47(30-40)66-11)32-44(59)35(3)28-38(6)49(70-54(8,9)68-13)50(67-12)48(60)37(5)27-33/h14-16,19-20,28,33,35-37,39-43,45-47,49-50,56,58,64H,17-18,21-27,29-32H2,1-13H3/b16-14+,19-15+,34-20+,38-28+/t33-,35-,36-,37-,39-,40+,41+,42+,43-,45+,46+,47-,49-,50+,55+/m1/s1. The van der Waals surface area contributed by atoms with E-state index in [1.807, 2.05) is 58.1 Å². The lowest BCUT2D eigenvalue weighted by molar-refractivity contribution is -0.232. The largest absolute Gasteiger partial charge is 0.460 e. The van der Waals surface area contributed by atoms with Gasteiger partial charge in [0.05, 0.1) is 18.3 Å². The Bertz CT molecular complexity index is 1890. The summed E-state index contributed by atoms with van der Waals surface area (Å²) in [5.74, 6) is -6.12. The number of hydrogen-bond donors (Lipinski definition) is 3. The summed E-state index contributed by atoms with van der Waals surface area (Å²) in [5, 5.41) is 25.8. The highest BCUT2D eigenvalue weighted by Gasteiger charge is 2.52. The average molecular weight is 985 g/mol. The van der Waals surface area contributed by atoms with Gasteiger partial charge in [-0.15, -0.1) is 0 Å². The summed E-state index contributed by atoms with van der Waals surface area (Å²) in [6.07, 6.45) is 13.2. The van der Waals surface area contributed by atoms with Crippen LogP contribution in [0.25, 0.3) is 0 Å². The van der Waals surface area contributed by atoms with Crippen LogP contribution >= 0.6 is 0 Å². The summed E-state index contributed by atoms with van der Waals surface area (Å²) >= 11 is 0. The monoisotopic (exact) mass is 985 g/mol. The molecule has 15 heteroatoms. The quantitative estimate of drug-likeness (QED) is 0.0911. The number of ketones is 3. The summed E-state index contributed by atoms with van der Waals surface area (Å²) in [5.41, 5.74) is -0.672. The van der Waals surface area contributed by atoms with E-state index < -0.39 is 77.4 Å². The van der Waals surface area contributed by atoms with Gasteiger partial charge in [0.25, 0.3) is 11.7 Å². The number of rotatable bonds is 9. The second-order valence-electron chi connectivity index (χ2n) is 21.5. The summed E-state index contributed by atoms with van der Waals surface area (Å²) in [6.45, 7) is 16.7. The highest BCUT2D eigenvalue weighted by molar-refractivity contribution is 6.39. The summed E-state index contributed by atoms with van der Waals surface area (Å²) in [7, 11) is 6.18. The normalized spacial score (nSPS) is 38.6. The van der Waals surface area contributed by atoms with E-state index in [4.69, 9.17) is 28.4 Å². The van der Waals surface area contributed by atoms with E-state index in [1.54, 1.807) is 54.9 Å². The predicted octanol–water partition coefficient (Wildman–Crippen LogP) is 7.16. The van der Waals surface area contributed by atoms with Crippen LogP contribution in [-0.2, 0) is 52.4 Å². The van der Waals surface area contributed by atoms with E-state index in [9.17, 15) is 34.2 Å². The SMILES string of the molecule is CO[C@H]1C[C@@H]2CC[C@@H](C)[C@@](O)(N2)C(=O)C(=O)N2CCCC[C@H]2C(=O)O[C@H]([C@H](C)C[C@@H]2CC[C@@H](O)[C@H](OC)C2)CC(=O)[C@H](C)/C=C(\C)[C@@H](OC(C)(C)OC)[C@@H](OC)C(=O)[C@H](C)C[C@H](C)/C=C/C=C/C=C/1C. The maximum Gasteiger partial charge on any atom is 0.329 e. The van der Waals surface area contributed by atoms with E-state index in [0.29, 0.717) is 63.4 Å². The van der Waals surface area contributed by atoms with Gasteiger partial charge < -0.3 is 43.5 Å². The molecular formula is C55H88N2O13. The molecule has 0 aromatic heterocycles. The van der Waals surface area contributed by atoms with Gasteiger partial charge in [0.15, 0.2) is 17.3 Å². The molecule has 1 aliphatic carbocycles. The molecule has 0 radical (unpaired) electrons. The number of cyclic esters (lactones) is 1. The van der Waals surface area contributed by atoms with Crippen LogP contribution in [0, 0.1) is 35.5 Å². The van der Waals surface area contributed by atoms with Crippen molar-refractivity contribution in [3.8, 4) is 0 Å². The Morgan fingerprint density at radius 3 is 2.23 bits per heavy atom. The number of aliphatic hydroxyl groups is 2. The Morgan fingerprint density at radius 1 is 0.857 bits per heavy atom. The van der Waals surface area contributed by atoms with Crippen LogP contribution < -0.4 is 5.32 Å². The number of aliphatic hydroxyl groups excluding tert-OH is 1. The fraction of sp³-hybridized carbons (Fsp3) is 0.764. The summed E-state index contributed by atoms with van der Waals surface area (Å²) < 4.78 is 35.9. The smallest absolute Gasteiger partial charge is 0.329 e. The Balaban J connectivity index is 1.77. The molecule has 0 aromatic rings. The number of methoxy groups -OCH3 is 4. The van der Waals surface area contributed by atoms with Crippen LogP contribution in [0.3, 0.4) is 0 Å². The fourth-order valence-corrected chi connectivity index (χ4v) is 10.8. The molecule has 3 N–H and O–H groups in total. The molecule has 2 saturated heterocycles. The van der Waals surface area contributed by atoms with Crippen molar-refractivity contribution >= 4 is 29.2 Å². The molecule has 396 valence electrons. The number of fused-ring (bicyclic) bond motifs is 3. The van der Waals surface area contributed by atoms with Crippen LogP contribution in [0.1, 0.15) is 139 Å². The van der Waals surface area contributed by atoms with Crippen LogP contribution in [-0.4, -0.2) is 140 Å². The minimum Gasteiger partial charge on any atom is -0.460 e. The van der Waals surface area contributed by atoms with Crippen molar-refractivity contribution < 1.29 is 62.6 Å². The first-order chi connectivity index (χ1) is 33.0. The zero-order chi connectivity index (χ0) is 52.1. The average Bonchev–Trinajstić information content (AvgIpc) is 3.33. The minimum absolute atomic E-state index is 0.0300. The number of hydrogen-bond acceptors (Lipinski definition) is 14. The van der Waals surface area contributed by atoms with Crippen molar-refractivity contribution in [1.29, 1.82) is 0 Å². The Morgan fingerprint density at radius 2 is 1.57 bits per heavy atom. The number of ether oxygens (including phenoxy) is 6. The number of allylic oxidation sites excluding steroid dienone is 6. The lowest BCUT2D eigenvalue weighted by Crippen LogP contribution is -2.67. The molecule has 0 aromatic carbocycles. The van der Waals surface area contributed by atoms with E-state index in [-0.39, 0.29) is 67.0 Å². The first-order valence-corrected chi connectivity index (χ1v) is 25.8. The van der Waals surface area contributed by atoms with Crippen molar-refractivity contribution in [3.05, 3.63) is 47.6 Å². The first kappa shape index (κ1) is 59.2. The van der Waals surface area contributed by atoms with E-state index >= 15 is 0 Å². The maximum absolute atomic E-state index is 14.5. The number of Topliss-reactive ketones (excluding diaryl/α,β-unsaturated/α-hetero) is 3. The number of nitrogens with one attached hydrogen (secondary N) is 1. The van der Waals surface area contributed by atoms with Gasteiger partial charge in [-0.05, 0) is 127 Å². The lowest BCUT2D eigenvalue weighted by Gasteiger charge is -2.43. The third kappa shape index (κ3) is 15.8. The third-order valence-corrected chi connectivity index (χ3v) is 15.5.